The van der Waals surface area contributed by atoms with Gasteiger partial charge in [-0.15, -0.1) is 0 Å². The van der Waals surface area contributed by atoms with Gasteiger partial charge in [0.15, 0.2) is 0 Å². The van der Waals surface area contributed by atoms with E-state index < -0.39 is 11.2 Å². The third-order valence-electron chi connectivity index (χ3n) is 4.21. The quantitative estimate of drug-likeness (QED) is 0.862. The Morgan fingerprint density at radius 2 is 2.14 bits per heavy atom. The van der Waals surface area contributed by atoms with E-state index in [1.54, 1.807) is 29.1 Å². The number of amides is 1. The molecular weight excluding hydrogens is 283 g/mol. The second-order valence-corrected chi connectivity index (χ2v) is 5.28. The zero-order valence-corrected chi connectivity index (χ0v) is 12.8. The Morgan fingerprint density at radius 1 is 1.41 bits per heavy atom. The number of halogens is 1. The van der Waals surface area contributed by atoms with E-state index in [4.69, 9.17) is 5.73 Å². The second-order valence-electron chi connectivity index (χ2n) is 5.28. The summed E-state index contributed by atoms with van der Waals surface area (Å²) >= 11 is 0. The van der Waals surface area contributed by atoms with Crippen molar-refractivity contribution in [2.24, 2.45) is 11.1 Å². The van der Waals surface area contributed by atoms with Crippen molar-refractivity contribution in [1.82, 2.24) is 9.55 Å². The highest BCUT2D eigenvalue weighted by Gasteiger charge is 2.33. The fourth-order valence-electron chi connectivity index (χ4n) is 2.41. The van der Waals surface area contributed by atoms with Gasteiger partial charge in [-0.25, -0.2) is 9.37 Å². The van der Waals surface area contributed by atoms with Gasteiger partial charge in [0.25, 0.3) is 0 Å². The predicted molar refractivity (Wildman–Crippen MR) is 84.2 cm³/mol. The van der Waals surface area contributed by atoms with Crippen LogP contribution in [0.15, 0.2) is 36.9 Å². The molecule has 6 heteroatoms. The Balaban J connectivity index is 2.21. The number of carbonyl (C=O) groups excluding carboxylic acids is 1. The van der Waals surface area contributed by atoms with Gasteiger partial charge in [0.2, 0.25) is 5.91 Å². The summed E-state index contributed by atoms with van der Waals surface area (Å²) in [5.74, 6) is -0.600. The first-order valence-electron chi connectivity index (χ1n) is 7.35. The van der Waals surface area contributed by atoms with E-state index >= 15 is 0 Å². The Morgan fingerprint density at radius 3 is 2.64 bits per heavy atom. The zero-order valence-electron chi connectivity index (χ0n) is 12.8. The Bertz CT molecular complexity index is 627. The highest BCUT2D eigenvalue weighted by molar-refractivity contribution is 5.95. The zero-order chi connectivity index (χ0) is 16.2. The topological polar surface area (TPSA) is 72.9 Å². The molecule has 0 aliphatic carbocycles. The van der Waals surface area contributed by atoms with Gasteiger partial charge in [0.1, 0.15) is 5.82 Å². The van der Waals surface area contributed by atoms with Crippen molar-refractivity contribution in [3.63, 3.8) is 0 Å². The summed E-state index contributed by atoms with van der Waals surface area (Å²) in [5.41, 5.74) is 5.95. The van der Waals surface area contributed by atoms with Gasteiger partial charge >= 0.3 is 0 Å². The second kappa shape index (κ2) is 6.70. The number of nitrogens with zero attached hydrogens (tertiary/aromatic N) is 2. The molecule has 0 unspecified atom stereocenters. The lowest BCUT2D eigenvalue weighted by atomic mass is 9.81. The van der Waals surface area contributed by atoms with E-state index in [9.17, 15) is 9.18 Å². The summed E-state index contributed by atoms with van der Waals surface area (Å²) in [7, 11) is 0. The molecule has 2 rings (SSSR count). The Labute approximate surface area is 129 Å². The Hall–Kier alpha value is -2.21. The number of hydrogen-bond donors (Lipinski definition) is 2. The highest BCUT2D eigenvalue weighted by atomic mass is 19.1. The molecule has 0 saturated heterocycles. The van der Waals surface area contributed by atoms with Crippen LogP contribution in [0.1, 0.15) is 26.7 Å². The summed E-state index contributed by atoms with van der Waals surface area (Å²) in [6, 6.07) is 4.58. The van der Waals surface area contributed by atoms with Crippen molar-refractivity contribution in [2.45, 2.75) is 26.7 Å². The average Bonchev–Trinajstić information content (AvgIpc) is 3.04. The molecule has 22 heavy (non-hydrogen) atoms. The molecule has 3 N–H and O–H groups in total. The number of nitrogens with one attached hydrogen (secondary N) is 1. The van der Waals surface area contributed by atoms with Crippen LogP contribution in [-0.4, -0.2) is 22.0 Å². The number of imidazole rings is 1. The van der Waals surface area contributed by atoms with Crippen LogP contribution in [-0.2, 0) is 4.79 Å². The number of rotatable bonds is 6. The minimum atomic E-state index is -0.612. The van der Waals surface area contributed by atoms with Gasteiger partial charge in [0.05, 0.1) is 17.4 Å². The molecule has 0 saturated carbocycles. The van der Waals surface area contributed by atoms with Crippen LogP contribution in [0.4, 0.5) is 10.1 Å². The minimum Gasteiger partial charge on any atom is -0.329 e. The number of nitrogens with two attached hydrogens (primary N) is 1. The molecule has 0 atom stereocenters. The molecule has 0 bridgehead atoms. The summed E-state index contributed by atoms with van der Waals surface area (Å²) < 4.78 is 15.8. The number of benzene rings is 1. The molecule has 1 aromatic carbocycles. The van der Waals surface area contributed by atoms with Crippen molar-refractivity contribution < 1.29 is 9.18 Å². The van der Waals surface area contributed by atoms with Gasteiger partial charge < -0.3 is 15.6 Å². The highest BCUT2D eigenvalue weighted by Crippen LogP contribution is 2.27. The minimum absolute atomic E-state index is 0.171. The third-order valence-corrected chi connectivity index (χ3v) is 4.21. The largest absolute Gasteiger partial charge is 0.329 e. The number of hydrogen-bond acceptors (Lipinski definition) is 3. The first-order valence-corrected chi connectivity index (χ1v) is 7.35. The summed E-state index contributed by atoms with van der Waals surface area (Å²) in [4.78, 5) is 16.3. The summed E-state index contributed by atoms with van der Waals surface area (Å²) in [5, 5.41) is 2.77. The van der Waals surface area contributed by atoms with Crippen LogP contribution in [0, 0.1) is 11.2 Å². The number of anilines is 1. The SMILES string of the molecule is CCC(CC)(CN)C(=O)Nc1ccc(-n2ccnc2)c(F)c1. The van der Waals surface area contributed by atoms with Crippen LogP contribution >= 0.6 is 0 Å². The normalized spacial score (nSPS) is 11.5. The van der Waals surface area contributed by atoms with E-state index in [2.05, 4.69) is 10.3 Å². The van der Waals surface area contributed by atoms with Crippen LogP contribution < -0.4 is 11.1 Å². The lowest BCUT2D eigenvalue weighted by molar-refractivity contribution is -0.125. The lowest BCUT2D eigenvalue weighted by Crippen LogP contribution is -2.41. The molecule has 118 valence electrons. The molecule has 1 amide bonds. The van der Waals surface area contributed by atoms with Gasteiger partial charge in [-0.2, -0.15) is 0 Å². The maximum absolute atomic E-state index is 14.2. The smallest absolute Gasteiger partial charge is 0.231 e. The van der Waals surface area contributed by atoms with E-state index in [0.29, 0.717) is 24.2 Å². The fourth-order valence-corrected chi connectivity index (χ4v) is 2.41. The van der Waals surface area contributed by atoms with Gasteiger partial charge in [0, 0.05) is 24.6 Å². The van der Waals surface area contributed by atoms with Crippen molar-refractivity contribution in [3.8, 4) is 5.69 Å². The first-order chi connectivity index (χ1) is 10.6. The molecule has 2 aromatic rings. The van der Waals surface area contributed by atoms with E-state index in [1.807, 2.05) is 13.8 Å². The molecule has 0 fully saturated rings. The van der Waals surface area contributed by atoms with Crippen molar-refractivity contribution in [2.75, 3.05) is 11.9 Å². The Kier molecular flexibility index (Phi) is 4.92. The van der Waals surface area contributed by atoms with Crippen molar-refractivity contribution in [3.05, 3.63) is 42.7 Å². The van der Waals surface area contributed by atoms with Gasteiger partial charge in [-0.1, -0.05) is 13.8 Å². The van der Waals surface area contributed by atoms with E-state index in [0.717, 1.165) is 0 Å². The molecular formula is C16H21FN4O. The maximum atomic E-state index is 14.2. The predicted octanol–water partition coefficient (Wildman–Crippen LogP) is 2.72. The molecule has 1 heterocycles. The molecule has 0 aliphatic rings. The molecule has 0 radical (unpaired) electrons. The number of carbonyl (C=O) groups is 1. The lowest BCUT2D eigenvalue weighted by Gasteiger charge is -2.28. The van der Waals surface area contributed by atoms with Crippen LogP contribution in [0.25, 0.3) is 5.69 Å². The maximum Gasteiger partial charge on any atom is 0.231 e. The van der Waals surface area contributed by atoms with Crippen molar-refractivity contribution >= 4 is 11.6 Å². The van der Waals surface area contributed by atoms with Crippen LogP contribution in [0.3, 0.4) is 0 Å². The monoisotopic (exact) mass is 304 g/mol. The molecule has 1 aromatic heterocycles. The fraction of sp³-hybridized carbons (Fsp3) is 0.375. The van der Waals surface area contributed by atoms with Crippen LogP contribution in [0.5, 0.6) is 0 Å². The van der Waals surface area contributed by atoms with Gasteiger partial charge in [-0.05, 0) is 31.0 Å². The molecule has 5 nitrogen and oxygen atoms in total. The number of aromatic nitrogens is 2. The summed E-state index contributed by atoms with van der Waals surface area (Å²) in [6.07, 6.45) is 6.03. The first kappa shape index (κ1) is 16.2. The standard InChI is InChI=1S/C16H21FN4O/c1-3-16(4-2,10-18)15(22)20-12-5-6-14(13(17)9-12)21-8-7-19-11-21/h5-9,11H,3-4,10,18H2,1-2H3,(H,20,22). The molecule has 0 aliphatic heterocycles. The van der Waals surface area contributed by atoms with E-state index in [-0.39, 0.29) is 12.5 Å². The molecule has 0 spiro atoms. The summed E-state index contributed by atoms with van der Waals surface area (Å²) in [6.45, 7) is 4.12. The van der Waals surface area contributed by atoms with E-state index in [1.165, 1.54) is 12.4 Å². The van der Waals surface area contributed by atoms with Gasteiger partial charge in [-0.3, -0.25) is 4.79 Å². The van der Waals surface area contributed by atoms with Crippen molar-refractivity contribution in [1.29, 1.82) is 0 Å². The average molecular weight is 304 g/mol. The van der Waals surface area contributed by atoms with Crippen LogP contribution in [0.2, 0.25) is 0 Å². The third kappa shape index (κ3) is 3.01.